The summed E-state index contributed by atoms with van der Waals surface area (Å²) in [5, 5.41) is 3.52. The maximum absolute atomic E-state index is 13.7. The Balaban J connectivity index is 1.48. The molecule has 1 aliphatic rings. The van der Waals surface area contributed by atoms with Gasteiger partial charge in [-0.15, -0.1) is 0 Å². The van der Waals surface area contributed by atoms with Crippen LogP contribution in [0.25, 0.3) is 6.08 Å². The quantitative estimate of drug-likeness (QED) is 0.184. The first kappa shape index (κ1) is 28.6. The molecule has 0 aliphatic carbocycles. The molecule has 1 heterocycles. The van der Waals surface area contributed by atoms with E-state index in [2.05, 4.69) is 5.32 Å². The molecule has 0 radical (unpaired) electrons. The minimum Gasteiger partial charge on any atom is -0.483 e. The van der Waals surface area contributed by atoms with Crippen LogP contribution in [0.4, 0.5) is 21.9 Å². The topological polar surface area (TPSA) is 96.0 Å². The van der Waals surface area contributed by atoms with Gasteiger partial charge in [-0.25, -0.2) is 14.6 Å². The maximum atomic E-state index is 13.7. The molecule has 0 aromatic heterocycles. The molecule has 10 heteroatoms. The number of para-hydroxylation sites is 2. The predicted octanol–water partition coefficient (Wildman–Crippen LogP) is 6.90. The maximum Gasteiger partial charge on any atom is 0.343 e. The van der Waals surface area contributed by atoms with Crippen molar-refractivity contribution in [2.45, 2.75) is 6.92 Å². The van der Waals surface area contributed by atoms with Crippen molar-refractivity contribution in [1.29, 1.82) is 0 Å². The summed E-state index contributed by atoms with van der Waals surface area (Å²) in [6.45, 7) is 1.47. The van der Waals surface area contributed by atoms with Crippen LogP contribution in [0.2, 0.25) is 10.0 Å². The monoisotopic (exact) mass is 599 g/mol. The van der Waals surface area contributed by atoms with Gasteiger partial charge in [0.15, 0.2) is 6.61 Å². The summed E-state index contributed by atoms with van der Waals surface area (Å²) in [5.41, 5.74) is 1.93. The van der Waals surface area contributed by atoms with Crippen LogP contribution in [-0.4, -0.2) is 30.4 Å². The van der Waals surface area contributed by atoms with Crippen LogP contribution in [0.3, 0.4) is 0 Å². The summed E-state index contributed by atoms with van der Waals surface area (Å²) >= 11 is 12.4. The largest absolute Gasteiger partial charge is 0.483 e. The number of barbiturate groups is 1. The number of nitrogens with zero attached hydrogens (tertiary/aromatic N) is 2. The highest BCUT2D eigenvalue weighted by Crippen LogP contribution is 2.32. The van der Waals surface area contributed by atoms with E-state index in [1.807, 2.05) is 6.92 Å². The van der Waals surface area contributed by atoms with Crippen LogP contribution < -0.4 is 19.9 Å². The summed E-state index contributed by atoms with van der Waals surface area (Å²) < 4.78 is 5.77. The SMILES string of the molecule is Cc1ccc(NC(=O)COc2ccc(Cl)cc2C=C2C(=O)N(c3ccccc3)C(=O)N(c3ccccc3)C2=O)cc1Cl. The molecule has 1 N–H and O–H groups in total. The molecule has 5 rings (SSSR count). The Morgan fingerprint density at radius 1 is 0.810 bits per heavy atom. The zero-order valence-electron chi connectivity index (χ0n) is 22.2. The van der Waals surface area contributed by atoms with Crippen molar-refractivity contribution in [2.75, 3.05) is 21.7 Å². The van der Waals surface area contributed by atoms with Crippen molar-refractivity contribution in [2.24, 2.45) is 0 Å². The Kier molecular flexibility index (Phi) is 8.38. The number of benzene rings is 4. The van der Waals surface area contributed by atoms with Crippen LogP contribution in [0, 0.1) is 6.92 Å². The highest BCUT2D eigenvalue weighted by Gasteiger charge is 2.43. The zero-order chi connectivity index (χ0) is 29.8. The van der Waals surface area contributed by atoms with Crippen molar-refractivity contribution in [3.63, 3.8) is 0 Å². The lowest BCUT2D eigenvalue weighted by Gasteiger charge is -2.34. The Labute approximate surface area is 251 Å². The predicted molar refractivity (Wildman–Crippen MR) is 163 cm³/mol. The Bertz CT molecular complexity index is 1660. The minimum absolute atomic E-state index is 0.194. The van der Waals surface area contributed by atoms with Crippen LogP contribution >= 0.6 is 23.2 Å². The van der Waals surface area contributed by atoms with Crippen molar-refractivity contribution < 1.29 is 23.9 Å². The third-order valence-corrected chi connectivity index (χ3v) is 7.01. The van der Waals surface area contributed by atoms with E-state index in [1.165, 1.54) is 18.2 Å². The number of urea groups is 1. The Morgan fingerprint density at radius 2 is 1.40 bits per heavy atom. The first-order chi connectivity index (χ1) is 20.2. The summed E-state index contributed by atoms with van der Waals surface area (Å²) in [6, 6.07) is 25.5. The highest BCUT2D eigenvalue weighted by atomic mass is 35.5. The number of halogens is 2. The number of imide groups is 2. The van der Waals surface area contributed by atoms with E-state index in [0.717, 1.165) is 15.4 Å². The number of carbonyl (C=O) groups is 4. The van der Waals surface area contributed by atoms with Gasteiger partial charge in [-0.1, -0.05) is 65.7 Å². The molecule has 1 fully saturated rings. The molecule has 0 unspecified atom stereocenters. The van der Waals surface area contributed by atoms with Gasteiger partial charge in [0, 0.05) is 21.3 Å². The molecule has 4 aromatic rings. The Morgan fingerprint density at radius 3 is 1.98 bits per heavy atom. The van der Waals surface area contributed by atoms with Gasteiger partial charge in [0.2, 0.25) is 0 Å². The van der Waals surface area contributed by atoms with E-state index in [1.54, 1.807) is 84.9 Å². The average Bonchev–Trinajstić information content (AvgIpc) is 2.98. The van der Waals surface area contributed by atoms with E-state index in [9.17, 15) is 19.2 Å². The standard InChI is InChI=1S/C32H23Cl2N3O5/c1-20-12-14-23(18-27(20)34)35-29(38)19-42-28-15-13-22(33)16-21(28)17-26-30(39)36(24-8-4-2-5-9-24)32(41)37(31(26)40)25-10-6-3-7-11-25/h2-18H,19H2,1H3,(H,35,38). The molecule has 1 saturated heterocycles. The van der Waals surface area contributed by atoms with Gasteiger partial charge >= 0.3 is 6.03 Å². The average molecular weight is 600 g/mol. The normalized spacial score (nSPS) is 13.3. The second-order valence-corrected chi connectivity index (χ2v) is 10.1. The number of hydrogen-bond acceptors (Lipinski definition) is 5. The van der Waals surface area contributed by atoms with E-state index in [-0.39, 0.29) is 23.5 Å². The molecule has 0 saturated carbocycles. The minimum atomic E-state index is -0.816. The second-order valence-electron chi connectivity index (χ2n) is 9.28. The van der Waals surface area contributed by atoms with E-state index < -0.39 is 23.8 Å². The summed E-state index contributed by atoms with van der Waals surface area (Å²) in [4.78, 5) is 55.4. The van der Waals surface area contributed by atoms with E-state index in [0.29, 0.717) is 27.1 Å². The van der Waals surface area contributed by atoms with Crippen LogP contribution in [0.15, 0.2) is 103 Å². The number of aryl methyl sites for hydroxylation is 1. The molecule has 1 aliphatic heterocycles. The lowest BCUT2D eigenvalue weighted by Crippen LogP contribution is -2.57. The number of hydrogen-bond donors (Lipinski definition) is 1. The first-order valence-corrected chi connectivity index (χ1v) is 13.5. The van der Waals surface area contributed by atoms with Gasteiger partial charge in [-0.2, -0.15) is 0 Å². The molecule has 42 heavy (non-hydrogen) atoms. The Hall–Kier alpha value is -4.92. The van der Waals surface area contributed by atoms with Crippen LogP contribution in [0.5, 0.6) is 5.75 Å². The smallest absolute Gasteiger partial charge is 0.343 e. The molecule has 5 amide bonds. The number of anilines is 3. The van der Waals surface area contributed by atoms with Crippen LogP contribution in [0.1, 0.15) is 11.1 Å². The van der Waals surface area contributed by atoms with Crippen molar-refractivity contribution in [3.8, 4) is 5.75 Å². The van der Waals surface area contributed by atoms with Gasteiger partial charge in [0.1, 0.15) is 11.3 Å². The van der Waals surface area contributed by atoms with Crippen molar-refractivity contribution in [3.05, 3.63) is 124 Å². The fourth-order valence-corrected chi connectivity index (χ4v) is 4.63. The lowest BCUT2D eigenvalue weighted by atomic mass is 10.0. The summed E-state index contributed by atoms with van der Waals surface area (Å²) in [5.74, 6) is -1.89. The van der Waals surface area contributed by atoms with Gasteiger partial charge in [0.05, 0.1) is 11.4 Å². The molecule has 0 bridgehead atoms. The third kappa shape index (κ3) is 6.05. The molecular formula is C32H23Cl2N3O5. The number of ether oxygens (including phenoxy) is 1. The molecule has 8 nitrogen and oxygen atoms in total. The third-order valence-electron chi connectivity index (χ3n) is 6.36. The fraction of sp³-hybridized carbons (Fsp3) is 0.0625. The van der Waals surface area contributed by atoms with Crippen molar-refractivity contribution in [1.82, 2.24) is 0 Å². The fourth-order valence-electron chi connectivity index (χ4n) is 4.27. The first-order valence-electron chi connectivity index (χ1n) is 12.8. The van der Waals surface area contributed by atoms with E-state index in [4.69, 9.17) is 27.9 Å². The van der Waals surface area contributed by atoms with Crippen LogP contribution in [-0.2, 0) is 14.4 Å². The number of carbonyl (C=O) groups excluding carboxylic acids is 4. The molecular weight excluding hydrogens is 577 g/mol. The summed E-state index contributed by atoms with van der Waals surface area (Å²) in [7, 11) is 0. The van der Waals surface area contributed by atoms with Gasteiger partial charge in [-0.3, -0.25) is 14.4 Å². The highest BCUT2D eigenvalue weighted by molar-refractivity contribution is 6.46. The zero-order valence-corrected chi connectivity index (χ0v) is 23.7. The number of rotatable bonds is 7. The van der Waals surface area contributed by atoms with Gasteiger partial charge in [0.25, 0.3) is 17.7 Å². The molecule has 0 spiro atoms. The molecule has 0 atom stereocenters. The lowest BCUT2D eigenvalue weighted by molar-refractivity contribution is -0.121. The van der Waals surface area contributed by atoms with E-state index >= 15 is 0 Å². The molecule has 210 valence electrons. The van der Waals surface area contributed by atoms with Gasteiger partial charge < -0.3 is 10.1 Å². The van der Waals surface area contributed by atoms with Gasteiger partial charge in [-0.05, 0) is 73.2 Å². The number of amides is 5. The molecule has 4 aromatic carbocycles. The summed E-state index contributed by atoms with van der Waals surface area (Å²) in [6.07, 6.45) is 1.31. The second kappa shape index (κ2) is 12.3. The van der Waals surface area contributed by atoms with Crippen molar-refractivity contribution >= 4 is 70.1 Å². The number of nitrogens with one attached hydrogen (secondary N) is 1.